The molecule has 2 aromatic rings. The van der Waals surface area contributed by atoms with E-state index in [2.05, 4.69) is 32.7 Å². The van der Waals surface area contributed by atoms with Gasteiger partial charge in [0.25, 0.3) is 5.89 Å². The number of thiophene rings is 1. The van der Waals surface area contributed by atoms with Crippen LogP contribution in [0, 0.1) is 2.88 Å². The first-order valence-corrected chi connectivity index (χ1v) is 5.52. The van der Waals surface area contributed by atoms with Crippen molar-refractivity contribution < 1.29 is 4.52 Å². The maximum atomic E-state index is 5.36. The summed E-state index contributed by atoms with van der Waals surface area (Å²) in [5, 5.41) is 5.69. The Morgan fingerprint density at radius 1 is 1.62 bits per heavy atom. The monoisotopic (exact) mass is 307 g/mol. The van der Waals surface area contributed by atoms with Gasteiger partial charge in [-0.25, -0.2) is 0 Å². The van der Waals surface area contributed by atoms with Gasteiger partial charge in [-0.15, -0.1) is 11.3 Å². The summed E-state index contributed by atoms with van der Waals surface area (Å²) in [4.78, 5) is 4.11. The Labute approximate surface area is 92.3 Å². The van der Waals surface area contributed by atoms with Crippen molar-refractivity contribution in [3.63, 3.8) is 0 Å². The first kappa shape index (κ1) is 9.10. The fourth-order valence-corrected chi connectivity index (χ4v) is 2.20. The third kappa shape index (κ3) is 1.89. The highest BCUT2D eigenvalue weighted by Gasteiger charge is 2.08. The summed E-state index contributed by atoms with van der Waals surface area (Å²) in [5.74, 6) is 1.08. The lowest BCUT2D eigenvalue weighted by atomic mass is 10.3. The number of aromatic nitrogens is 2. The lowest BCUT2D eigenvalue weighted by molar-refractivity contribution is 0.423. The molecule has 0 radical (unpaired) electrons. The van der Waals surface area contributed by atoms with Crippen molar-refractivity contribution in [1.82, 2.24) is 10.1 Å². The Kier molecular flexibility index (Phi) is 2.61. The smallest absolute Gasteiger partial charge is 0.258 e. The quantitative estimate of drug-likeness (QED) is 0.860. The van der Waals surface area contributed by atoms with Gasteiger partial charge in [-0.3, -0.25) is 0 Å². The van der Waals surface area contributed by atoms with Crippen molar-refractivity contribution in [2.75, 3.05) is 0 Å². The molecule has 0 aliphatic carbocycles. The van der Waals surface area contributed by atoms with Gasteiger partial charge in [0.15, 0.2) is 5.82 Å². The Balaban J connectivity index is 2.35. The lowest BCUT2D eigenvalue weighted by Crippen LogP contribution is -1.97. The van der Waals surface area contributed by atoms with Crippen LogP contribution < -0.4 is 5.73 Å². The highest BCUT2D eigenvalue weighted by molar-refractivity contribution is 14.1. The molecular weight excluding hydrogens is 301 g/mol. The fraction of sp³-hybridized carbons (Fsp3) is 0.143. The lowest BCUT2D eigenvalue weighted by Gasteiger charge is -1.82. The van der Waals surface area contributed by atoms with E-state index >= 15 is 0 Å². The van der Waals surface area contributed by atoms with E-state index in [-0.39, 0.29) is 0 Å². The molecule has 0 atom stereocenters. The summed E-state index contributed by atoms with van der Waals surface area (Å²) >= 11 is 3.89. The molecule has 2 rings (SSSR count). The summed E-state index contributed by atoms with van der Waals surface area (Å²) < 4.78 is 6.21. The van der Waals surface area contributed by atoms with E-state index in [1.807, 2.05) is 11.4 Å². The minimum atomic E-state index is 0.310. The predicted octanol–water partition coefficient (Wildman–Crippen LogP) is 1.86. The summed E-state index contributed by atoms with van der Waals surface area (Å²) in [5.41, 5.74) is 6.32. The fourth-order valence-electron chi connectivity index (χ4n) is 0.876. The zero-order valence-corrected chi connectivity index (χ0v) is 9.50. The van der Waals surface area contributed by atoms with Gasteiger partial charge in [0, 0.05) is 5.38 Å². The van der Waals surface area contributed by atoms with E-state index in [1.165, 1.54) is 2.88 Å². The number of nitrogens with zero attached hydrogens (tertiary/aromatic N) is 2. The van der Waals surface area contributed by atoms with Gasteiger partial charge in [0.1, 0.15) is 0 Å². The minimum absolute atomic E-state index is 0.310. The standard InChI is InChI=1S/C7H6IN3OS/c8-5-1-4(3-13-5)7-10-6(2-9)11-12-7/h1,3H,2,9H2. The second kappa shape index (κ2) is 3.72. The average Bonchev–Trinajstić information content (AvgIpc) is 2.71. The van der Waals surface area contributed by atoms with Crippen LogP contribution >= 0.6 is 33.9 Å². The molecular formula is C7H6IN3OS. The molecule has 4 nitrogen and oxygen atoms in total. The molecule has 0 unspecified atom stereocenters. The molecule has 0 aliphatic heterocycles. The molecule has 0 spiro atoms. The molecule has 0 aliphatic rings. The van der Waals surface area contributed by atoms with Crippen LogP contribution in [0.25, 0.3) is 11.5 Å². The van der Waals surface area contributed by atoms with Crippen LogP contribution in [0.4, 0.5) is 0 Å². The van der Waals surface area contributed by atoms with Crippen molar-refractivity contribution >= 4 is 33.9 Å². The first-order valence-electron chi connectivity index (χ1n) is 3.56. The number of nitrogens with two attached hydrogens (primary N) is 1. The number of hydrogen-bond acceptors (Lipinski definition) is 5. The van der Waals surface area contributed by atoms with Crippen molar-refractivity contribution in [1.29, 1.82) is 0 Å². The summed E-state index contributed by atoms with van der Waals surface area (Å²) in [6.45, 7) is 0.310. The van der Waals surface area contributed by atoms with E-state index in [4.69, 9.17) is 10.3 Å². The molecule has 68 valence electrons. The predicted molar refractivity (Wildman–Crippen MR) is 58.2 cm³/mol. The van der Waals surface area contributed by atoms with Crippen molar-refractivity contribution in [3.8, 4) is 11.5 Å². The van der Waals surface area contributed by atoms with E-state index in [9.17, 15) is 0 Å². The normalized spacial score (nSPS) is 10.6. The van der Waals surface area contributed by atoms with E-state index in [0.717, 1.165) is 5.56 Å². The van der Waals surface area contributed by atoms with Crippen LogP contribution in [0.5, 0.6) is 0 Å². The molecule has 0 aromatic carbocycles. The van der Waals surface area contributed by atoms with Gasteiger partial charge in [-0.1, -0.05) is 5.16 Å². The first-order chi connectivity index (χ1) is 6.29. The third-order valence-electron chi connectivity index (χ3n) is 1.47. The van der Waals surface area contributed by atoms with Gasteiger partial charge in [0.05, 0.1) is 15.0 Å². The van der Waals surface area contributed by atoms with Gasteiger partial charge < -0.3 is 10.3 Å². The maximum absolute atomic E-state index is 5.36. The van der Waals surface area contributed by atoms with Gasteiger partial charge in [-0.05, 0) is 28.7 Å². The minimum Gasteiger partial charge on any atom is -0.334 e. The SMILES string of the molecule is NCc1noc(-c2csc(I)c2)n1. The molecule has 2 N–H and O–H groups in total. The van der Waals surface area contributed by atoms with Crippen LogP contribution in [0.2, 0.25) is 0 Å². The Morgan fingerprint density at radius 2 is 2.46 bits per heavy atom. The molecule has 0 bridgehead atoms. The Morgan fingerprint density at radius 3 is 3.00 bits per heavy atom. The zero-order valence-electron chi connectivity index (χ0n) is 6.53. The highest BCUT2D eigenvalue weighted by atomic mass is 127. The molecule has 0 saturated carbocycles. The average molecular weight is 307 g/mol. The molecule has 0 saturated heterocycles. The molecule has 13 heavy (non-hydrogen) atoms. The summed E-state index contributed by atoms with van der Waals surface area (Å²) in [6, 6.07) is 2.00. The van der Waals surface area contributed by atoms with E-state index < -0.39 is 0 Å². The number of halogens is 1. The summed E-state index contributed by atoms with van der Waals surface area (Å²) in [6.07, 6.45) is 0. The van der Waals surface area contributed by atoms with Crippen LogP contribution in [-0.4, -0.2) is 10.1 Å². The Bertz CT molecular complexity index is 411. The second-order valence-corrected chi connectivity index (χ2v) is 5.16. The van der Waals surface area contributed by atoms with Gasteiger partial charge in [-0.2, -0.15) is 4.98 Å². The Hall–Kier alpha value is -0.470. The third-order valence-corrected chi connectivity index (χ3v) is 3.25. The summed E-state index contributed by atoms with van der Waals surface area (Å²) in [7, 11) is 0. The molecule has 0 amide bonds. The van der Waals surface area contributed by atoms with Gasteiger partial charge in [0.2, 0.25) is 0 Å². The second-order valence-electron chi connectivity index (χ2n) is 2.36. The van der Waals surface area contributed by atoms with Crippen molar-refractivity contribution in [2.45, 2.75) is 6.54 Å². The van der Waals surface area contributed by atoms with Crippen LogP contribution in [-0.2, 0) is 6.54 Å². The van der Waals surface area contributed by atoms with Crippen LogP contribution in [0.15, 0.2) is 16.0 Å². The maximum Gasteiger partial charge on any atom is 0.258 e. The molecule has 2 heterocycles. The van der Waals surface area contributed by atoms with Crippen LogP contribution in [0.1, 0.15) is 5.82 Å². The molecule has 6 heteroatoms. The topological polar surface area (TPSA) is 64.9 Å². The van der Waals surface area contributed by atoms with Gasteiger partial charge >= 0.3 is 0 Å². The largest absolute Gasteiger partial charge is 0.334 e. The van der Waals surface area contributed by atoms with Crippen molar-refractivity contribution in [2.24, 2.45) is 5.73 Å². The molecule has 2 aromatic heterocycles. The number of hydrogen-bond donors (Lipinski definition) is 1. The highest BCUT2D eigenvalue weighted by Crippen LogP contribution is 2.24. The van der Waals surface area contributed by atoms with Crippen molar-refractivity contribution in [3.05, 3.63) is 20.2 Å². The zero-order chi connectivity index (χ0) is 9.26. The molecule has 0 fully saturated rings. The van der Waals surface area contributed by atoms with E-state index in [0.29, 0.717) is 18.3 Å². The van der Waals surface area contributed by atoms with E-state index in [1.54, 1.807) is 11.3 Å². The van der Waals surface area contributed by atoms with Crippen LogP contribution in [0.3, 0.4) is 0 Å². The number of rotatable bonds is 2.